The fourth-order valence-corrected chi connectivity index (χ4v) is 4.68. The van der Waals surface area contributed by atoms with Gasteiger partial charge in [-0.25, -0.2) is 0 Å². The Morgan fingerprint density at radius 3 is 2.70 bits per heavy atom. The number of aryl methyl sites for hydroxylation is 1. The Hall–Kier alpha value is -2.86. The summed E-state index contributed by atoms with van der Waals surface area (Å²) >= 11 is 0. The van der Waals surface area contributed by atoms with Gasteiger partial charge >= 0.3 is 0 Å². The highest BCUT2D eigenvalue weighted by molar-refractivity contribution is 5.52. The number of rotatable bonds is 14. The van der Waals surface area contributed by atoms with Gasteiger partial charge < -0.3 is 24.8 Å². The Morgan fingerprint density at radius 1 is 1.16 bits per heavy atom. The first kappa shape index (κ1) is 28.7. The summed E-state index contributed by atoms with van der Waals surface area (Å²) in [6.07, 6.45) is 7.92. The summed E-state index contributed by atoms with van der Waals surface area (Å²) in [4.78, 5) is 0. The lowest BCUT2D eigenvalue weighted by atomic mass is 9.86. The van der Waals surface area contributed by atoms with Crippen LogP contribution in [-0.2, 0) is 16.0 Å². The molecule has 0 spiro atoms. The first-order chi connectivity index (χ1) is 18.0. The molecule has 3 rings (SSSR count). The van der Waals surface area contributed by atoms with E-state index < -0.39 is 0 Å². The van der Waals surface area contributed by atoms with Gasteiger partial charge in [0.1, 0.15) is 5.75 Å². The summed E-state index contributed by atoms with van der Waals surface area (Å²) in [5, 5.41) is 7.35. The lowest BCUT2D eigenvalue weighted by Gasteiger charge is -2.33. The molecule has 1 saturated heterocycles. The molecule has 0 aliphatic carbocycles. The van der Waals surface area contributed by atoms with Gasteiger partial charge in [-0.15, -0.1) is 0 Å². The Labute approximate surface area is 223 Å². The maximum Gasteiger partial charge on any atom is 0.119 e. The third kappa shape index (κ3) is 8.89. The van der Waals surface area contributed by atoms with Crippen LogP contribution in [0.3, 0.4) is 0 Å². The number of nitrogens with one attached hydrogen (secondary N) is 2. The van der Waals surface area contributed by atoms with E-state index in [2.05, 4.69) is 66.6 Å². The fraction of sp³-hybridized carbons (Fsp3) is 0.438. The highest BCUT2D eigenvalue weighted by Gasteiger charge is 2.26. The number of piperidine rings is 1. The van der Waals surface area contributed by atoms with Gasteiger partial charge in [0.2, 0.25) is 0 Å². The molecule has 2 aromatic rings. The molecule has 0 saturated carbocycles. The standard InChI is InChI=1S/C32H44N2O3/c1-6-9-29(25(4)35-5)23-36-18-8-19-37-30-14-12-28(13-15-30)31-16-17-33-22-32(31)34-21-26-11-10-24(3)27(7-2)20-26/h6-7,9-15,20,31-34H,2,8,16-19,21-23H2,1,3-5H3/b9-6-,29-25-/t31-,32-/m0/s1. The minimum atomic E-state index is 0.384. The highest BCUT2D eigenvalue weighted by atomic mass is 16.5. The molecule has 0 aromatic heterocycles. The average Bonchev–Trinajstić information content (AvgIpc) is 2.94. The Bertz CT molecular complexity index is 1040. The predicted molar refractivity (Wildman–Crippen MR) is 154 cm³/mol. The van der Waals surface area contributed by atoms with E-state index >= 15 is 0 Å². The smallest absolute Gasteiger partial charge is 0.119 e. The van der Waals surface area contributed by atoms with Gasteiger partial charge in [0.05, 0.1) is 32.7 Å². The normalized spacial score (nSPS) is 18.5. The molecule has 2 atom stereocenters. The number of allylic oxidation sites excluding steroid dienone is 2. The number of hydrogen-bond donors (Lipinski definition) is 2. The lowest BCUT2D eigenvalue weighted by Crippen LogP contribution is -2.47. The number of methoxy groups -OCH3 is 1. The van der Waals surface area contributed by atoms with Gasteiger partial charge in [0.25, 0.3) is 0 Å². The molecule has 1 aliphatic rings. The topological polar surface area (TPSA) is 51.8 Å². The van der Waals surface area contributed by atoms with Crippen LogP contribution in [0.1, 0.15) is 54.9 Å². The average molecular weight is 505 g/mol. The molecular weight excluding hydrogens is 460 g/mol. The number of hydrogen-bond acceptors (Lipinski definition) is 5. The molecule has 1 aliphatic heterocycles. The Kier molecular flexibility index (Phi) is 12.0. The van der Waals surface area contributed by atoms with Crippen LogP contribution >= 0.6 is 0 Å². The van der Waals surface area contributed by atoms with Crippen molar-refractivity contribution in [2.24, 2.45) is 0 Å². The van der Waals surface area contributed by atoms with Crippen LogP contribution in [0.2, 0.25) is 0 Å². The molecule has 200 valence electrons. The summed E-state index contributed by atoms with van der Waals surface area (Å²) in [5.41, 5.74) is 6.19. The van der Waals surface area contributed by atoms with Crippen molar-refractivity contribution in [3.63, 3.8) is 0 Å². The largest absolute Gasteiger partial charge is 0.501 e. The van der Waals surface area contributed by atoms with E-state index in [4.69, 9.17) is 14.2 Å². The minimum Gasteiger partial charge on any atom is -0.501 e. The molecule has 2 N–H and O–H groups in total. The molecule has 5 heteroatoms. The van der Waals surface area contributed by atoms with E-state index in [-0.39, 0.29) is 0 Å². The third-order valence-electron chi connectivity index (χ3n) is 7.01. The van der Waals surface area contributed by atoms with Crippen molar-refractivity contribution in [2.75, 3.05) is 40.0 Å². The van der Waals surface area contributed by atoms with Crippen molar-refractivity contribution in [1.29, 1.82) is 0 Å². The summed E-state index contributed by atoms with van der Waals surface area (Å²) in [6.45, 7) is 14.7. The molecule has 5 nitrogen and oxygen atoms in total. The molecular formula is C32H44N2O3. The Morgan fingerprint density at radius 2 is 1.97 bits per heavy atom. The van der Waals surface area contributed by atoms with Crippen LogP contribution in [-0.4, -0.2) is 46.1 Å². The molecule has 0 amide bonds. The van der Waals surface area contributed by atoms with Gasteiger partial charge in [0, 0.05) is 37.0 Å². The first-order valence-electron chi connectivity index (χ1n) is 13.4. The van der Waals surface area contributed by atoms with Crippen LogP contribution in [0.25, 0.3) is 6.08 Å². The monoisotopic (exact) mass is 504 g/mol. The maximum atomic E-state index is 5.97. The van der Waals surface area contributed by atoms with Crippen molar-refractivity contribution >= 4 is 6.08 Å². The molecule has 2 aromatic carbocycles. The van der Waals surface area contributed by atoms with Gasteiger partial charge in [-0.1, -0.05) is 55.1 Å². The van der Waals surface area contributed by atoms with Crippen LogP contribution in [0.4, 0.5) is 0 Å². The predicted octanol–water partition coefficient (Wildman–Crippen LogP) is 6.16. The van der Waals surface area contributed by atoms with Crippen LogP contribution in [0.5, 0.6) is 5.75 Å². The second-order valence-electron chi connectivity index (χ2n) is 9.59. The maximum absolute atomic E-state index is 5.97. The van der Waals surface area contributed by atoms with Crippen molar-refractivity contribution in [3.05, 3.63) is 94.8 Å². The zero-order valence-electron chi connectivity index (χ0n) is 23.0. The van der Waals surface area contributed by atoms with Gasteiger partial charge in [-0.3, -0.25) is 0 Å². The van der Waals surface area contributed by atoms with Gasteiger partial charge in [-0.2, -0.15) is 0 Å². The van der Waals surface area contributed by atoms with E-state index in [1.54, 1.807) is 7.11 Å². The minimum absolute atomic E-state index is 0.384. The van der Waals surface area contributed by atoms with Gasteiger partial charge in [0.15, 0.2) is 0 Å². The summed E-state index contributed by atoms with van der Waals surface area (Å²) < 4.78 is 17.1. The van der Waals surface area contributed by atoms with Crippen molar-refractivity contribution in [3.8, 4) is 5.75 Å². The molecule has 1 fully saturated rings. The van der Waals surface area contributed by atoms with Gasteiger partial charge in [-0.05, 0) is 68.1 Å². The summed E-state index contributed by atoms with van der Waals surface area (Å²) in [6, 6.07) is 15.6. The van der Waals surface area contributed by atoms with E-state index in [0.717, 1.165) is 49.6 Å². The second-order valence-corrected chi connectivity index (χ2v) is 9.59. The quantitative estimate of drug-likeness (QED) is 0.183. The van der Waals surface area contributed by atoms with Crippen LogP contribution in [0.15, 0.2) is 72.5 Å². The Balaban J connectivity index is 1.46. The summed E-state index contributed by atoms with van der Waals surface area (Å²) in [7, 11) is 1.68. The summed E-state index contributed by atoms with van der Waals surface area (Å²) in [5.74, 6) is 2.27. The van der Waals surface area contributed by atoms with E-state index in [9.17, 15) is 0 Å². The highest BCUT2D eigenvalue weighted by Crippen LogP contribution is 2.28. The number of benzene rings is 2. The number of ether oxygens (including phenoxy) is 3. The SMILES string of the molecule is C=Cc1cc(CN[C@H]2CNCC[C@H]2c2ccc(OCCCOCC(/C=C\C)=C(/C)OC)cc2)ccc1C. The lowest BCUT2D eigenvalue weighted by molar-refractivity contribution is 0.136. The van der Waals surface area contributed by atoms with Crippen molar-refractivity contribution in [2.45, 2.75) is 52.1 Å². The van der Waals surface area contributed by atoms with Crippen molar-refractivity contribution < 1.29 is 14.2 Å². The van der Waals surface area contributed by atoms with Crippen molar-refractivity contribution in [1.82, 2.24) is 10.6 Å². The molecule has 0 radical (unpaired) electrons. The molecule has 0 bridgehead atoms. The zero-order valence-corrected chi connectivity index (χ0v) is 23.0. The fourth-order valence-electron chi connectivity index (χ4n) is 4.68. The third-order valence-corrected chi connectivity index (χ3v) is 7.01. The van der Waals surface area contributed by atoms with E-state index in [0.29, 0.717) is 31.8 Å². The van der Waals surface area contributed by atoms with Crippen LogP contribution in [0, 0.1) is 6.92 Å². The molecule has 1 heterocycles. The van der Waals surface area contributed by atoms with E-state index in [1.807, 2.05) is 32.1 Å². The van der Waals surface area contributed by atoms with E-state index in [1.165, 1.54) is 22.3 Å². The second kappa shape index (κ2) is 15.4. The molecule has 37 heavy (non-hydrogen) atoms. The zero-order chi connectivity index (χ0) is 26.5. The molecule has 0 unspecified atom stereocenters. The first-order valence-corrected chi connectivity index (χ1v) is 13.4. The van der Waals surface area contributed by atoms with Crippen LogP contribution < -0.4 is 15.4 Å².